The molecule has 0 aliphatic carbocycles. The number of amides is 1. The smallest absolute Gasteiger partial charge is 0.251 e. The van der Waals surface area contributed by atoms with Gasteiger partial charge in [0.2, 0.25) is 0 Å². The van der Waals surface area contributed by atoms with E-state index in [-0.39, 0.29) is 11.9 Å². The summed E-state index contributed by atoms with van der Waals surface area (Å²) in [6.07, 6.45) is 5.33. The summed E-state index contributed by atoms with van der Waals surface area (Å²) in [4.78, 5) is 12.5. The molecule has 4 rings (SSSR count). The van der Waals surface area contributed by atoms with Crippen LogP contribution >= 0.6 is 0 Å². The molecule has 0 radical (unpaired) electrons. The van der Waals surface area contributed by atoms with Crippen LogP contribution in [0.5, 0.6) is 0 Å². The Hall–Kier alpha value is -2.13. The van der Waals surface area contributed by atoms with Gasteiger partial charge in [-0.25, -0.2) is 0 Å². The van der Waals surface area contributed by atoms with Crippen molar-refractivity contribution in [3.8, 4) is 0 Å². The van der Waals surface area contributed by atoms with E-state index in [9.17, 15) is 4.79 Å². The summed E-state index contributed by atoms with van der Waals surface area (Å²) in [5.41, 5.74) is 1.83. The van der Waals surface area contributed by atoms with Gasteiger partial charge in [0.15, 0.2) is 0 Å². The molecule has 2 bridgehead atoms. The summed E-state index contributed by atoms with van der Waals surface area (Å²) in [6, 6.07) is 13.3. The van der Waals surface area contributed by atoms with Crippen molar-refractivity contribution in [1.29, 1.82) is 0 Å². The van der Waals surface area contributed by atoms with Gasteiger partial charge in [-0.2, -0.15) is 0 Å². The van der Waals surface area contributed by atoms with Crippen molar-refractivity contribution >= 4 is 22.8 Å². The highest BCUT2D eigenvalue weighted by molar-refractivity contribution is 6.00. The van der Waals surface area contributed by atoms with E-state index in [0.29, 0.717) is 12.1 Å². The van der Waals surface area contributed by atoms with Crippen LogP contribution in [-0.2, 0) is 0 Å². The minimum absolute atomic E-state index is 0.0326. The molecule has 2 fully saturated rings. The average Bonchev–Trinajstić information content (AvgIpc) is 3.16. The van der Waals surface area contributed by atoms with Crippen molar-refractivity contribution in [2.24, 2.45) is 0 Å². The molecule has 0 aromatic heterocycles. The molecule has 22 heavy (non-hydrogen) atoms. The van der Waals surface area contributed by atoms with Gasteiger partial charge in [0.1, 0.15) is 0 Å². The molecule has 1 amide bonds. The number of carbonyl (C=O) groups excluding carboxylic acids is 1. The Morgan fingerprint density at radius 1 is 1.27 bits per heavy atom. The molecule has 2 aliphatic heterocycles. The monoisotopic (exact) mass is 292 g/mol. The molecule has 2 N–H and O–H groups in total. The lowest BCUT2D eigenvalue weighted by Gasteiger charge is -2.21. The van der Waals surface area contributed by atoms with Crippen LogP contribution in [0.1, 0.15) is 35.2 Å². The lowest BCUT2D eigenvalue weighted by molar-refractivity contribution is 0.0931. The first-order valence-corrected chi connectivity index (χ1v) is 7.97. The lowest BCUT2D eigenvalue weighted by atomic mass is 9.95. The molecule has 2 saturated heterocycles. The third-order valence-electron chi connectivity index (χ3n) is 5.01. The van der Waals surface area contributed by atoms with Gasteiger partial charge >= 0.3 is 0 Å². The summed E-state index contributed by atoms with van der Waals surface area (Å²) in [5.74, 6) is 0.0326. The molecular formula is C19H20N2O. The zero-order valence-corrected chi connectivity index (χ0v) is 12.5. The number of benzene rings is 2. The van der Waals surface area contributed by atoms with Crippen LogP contribution in [0.15, 0.2) is 43.0 Å². The first kappa shape index (κ1) is 13.5. The number of carbonyl (C=O) groups is 1. The molecule has 0 spiro atoms. The van der Waals surface area contributed by atoms with Gasteiger partial charge in [-0.05, 0) is 47.7 Å². The molecule has 3 nitrogen and oxygen atoms in total. The molecule has 2 heterocycles. The highest BCUT2D eigenvalue weighted by Crippen LogP contribution is 2.28. The van der Waals surface area contributed by atoms with E-state index in [2.05, 4.69) is 17.2 Å². The number of fused-ring (bicyclic) bond motifs is 3. The highest BCUT2D eigenvalue weighted by atomic mass is 16.1. The summed E-state index contributed by atoms with van der Waals surface area (Å²) >= 11 is 0. The summed E-state index contributed by atoms with van der Waals surface area (Å²) in [7, 11) is 0. The highest BCUT2D eigenvalue weighted by Gasteiger charge is 2.39. The van der Waals surface area contributed by atoms with Crippen LogP contribution in [0.4, 0.5) is 0 Å². The molecule has 0 saturated carbocycles. The second-order valence-electron chi connectivity index (χ2n) is 6.35. The fourth-order valence-electron chi connectivity index (χ4n) is 3.86. The van der Waals surface area contributed by atoms with Crippen molar-refractivity contribution < 1.29 is 4.79 Å². The van der Waals surface area contributed by atoms with E-state index in [1.807, 2.05) is 42.5 Å². The van der Waals surface area contributed by atoms with Gasteiger partial charge in [0.25, 0.3) is 5.91 Å². The Balaban J connectivity index is 1.58. The molecule has 2 aromatic carbocycles. The van der Waals surface area contributed by atoms with E-state index >= 15 is 0 Å². The summed E-state index contributed by atoms with van der Waals surface area (Å²) < 4.78 is 0. The van der Waals surface area contributed by atoms with Crippen molar-refractivity contribution in [2.45, 2.75) is 37.4 Å². The zero-order chi connectivity index (χ0) is 15.1. The summed E-state index contributed by atoms with van der Waals surface area (Å²) in [5, 5.41) is 8.97. The zero-order valence-electron chi connectivity index (χ0n) is 12.5. The number of hydrogen-bond donors (Lipinski definition) is 2. The van der Waals surface area contributed by atoms with Crippen molar-refractivity contribution in [3.63, 3.8) is 0 Å². The van der Waals surface area contributed by atoms with Gasteiger partial charge in [-0.3, -0.25) is 4.79 Å². The van der Waals surface area contributed by atoms with Crippen LogP contribution in [0.2, 0.25) is 0 Å². The van der Waals surface area contributed by atoms with Gasteiger partial charge in [-0.15, -0.1) is 0 Å². The predicted octanol–water partition coefficient (Wildman–Crippen LogP) is 3.11. The fourth-order valence-corrected chi connectivity index (χ4v) is 3.86. The number of rotatable bonds is 3. The maximum atomic E-state index is 12.5. The maximum absolute atomic E-state index is 12.5. The Kier molecular flexibility index (Phi) is 3.23. The van der Waals surface area contributed by atoms with Crippen molar-refractivity contribution in [2.75, 3.05) is 0 Å². The standard InChI is InChI=1S/C19H20N2O/c1-2-12-4-3-5-13-10-14(6-8-16(12)13)19(22)21-18-11-15-7-9-17(18)20-15/h2-6,8,10,15,17-18,20H,1,7,9,11H2,(H,21,22)/t15-,17+,18-/m1/s1. The Labute approximate surface area is 130 Å². The van der Waals surface area contributed by atoms with Gasteiger partial charge < -0.3 is 10.6 Å². The van der Waals surface area contributed by atoms with Gasteiger partial charge in [-0.1, -0.05) is 36.9 Å². The second-order valence-corrected chi connectivity index (χ2v) is 6.35. The minimum atomic E-state index is 0.0326. The van der Waals surface area contributed by atoms with Gasteiger partial charge in [0, 0.05) is 23.7 Å². The molecule has 2 aliphatic rings. The fraction of sp³-hybridized carbons (Fsp3) is 0.316. The predicted molar refractivity (Wildman–Crippen MR) is 89.9 cm³/mol. The second kappa shape index (κ2) is 5.25. The number of hydrogen-bond acceptors (Lipinski definition) is 2. The molecule has 2 aromatic rings. The third kappa shape index (κ3) is 2.22. The molecular weight excluding hydrogens is 272 g/mol. The van der Waals surface area contributed by atoms with Crippen LogP contribution in [0, 0.1) is 0 Å². The van der Waals surface area contributed by atoms with Crippen molar-refractivity contribution in [1.82, 2.24) is 10.6 Å². The first-order chi connectivity index (χ1) is 10.7. The van der Waals surface area contributed by atoms with E-state index < -0.39 is 0 Å². The van der Waals surface area contributed by atoms with Crippen LogP contribution in [0.3, 0.4) is 0 Å². The van der Waals surface area contributed by atoms with Crippen LogP contribution in [0.25, 0.3) is 16.8 Å². The molecule has 3 atom stereocenters. The van der Waals surface area contributed by atoms with Crippen LogP contribution < -0.4 is 10.6 Å². The van der Waals surface area contributed by atoms with Gasteiger partial charge in [0.05, 0.1) is 0 Å². The lowest BCUT2D eigenvalue weighted by Crippen LogP contribution is -2.42. The Morgan fingerprint density at radius 3 is 2.91 bits per heavy atom. The summed E-state index contributed by atoms with van der Waals surface area (Å²) in [6.45, 7) is 3.84. The largest absolute Gasteiger partial charge is 0.348 e. The minimum Gasteiger partial charge on any atom is -0.348 e. The average molecular weight is 292 g/mol. The van der Waals surface area contributed by atoms with Crippen LogP contribution in [-0.4, -0.2) is 24.0 Å². The number of nitrogens with one attached hydrogen (secondary N) is 2. The van der Waals surface area contributed by atoms with E-state index in [1.165, 1.54) is 12.8 Å². The van der Waals surface area contributed by atoms with E-state index in [0.717, 1.165) is 28.3 Å². The molecule has 0 unspecified atom stereocenters. The maximum Gasteiger partial charge on any atom is 0.251 e. The SMILES string of the molecule is C=Cc1cccc2cc(C(=O)N[C@@H]3C[C@H]4CC[C@@H]3N4)ccc12. The Bertz CT molecular complexity index is 752. The topological polar surface area (TPSA) is 41.1 Å². The third-order valence-corrected chi connectivity index (χ3v) is 5.01. The molecule has 3 heteroatoms. The van der Waals surface area contributed by atoms with Crippen molar-refractivity contribution in [3.05, 3.63) is 54.1 Å². The quantitative estimate of drug-likeness (QED) is 0.912. The van der Waals surface area contributed by atoms with E-state index in [1.54, 1.807) is 0 Å². The normalized spacial score (nSPS) is 26.3. The first-order valence-electron chi connectivity index (χ1n) is 7.97. The molecule has 112 valence electrons. The van der Waals surface area contributed by atoms with E-state index in [4.69, 9.17) is 0 Å². The Morgan fingerprint density at radius 2 is 2.18 bits per heavy atom.